The Hall–Kier alpha value is -2.28. The molecule has 2 atom stereocenters. The number of rotatable bonds is 5. The van der Waals surface area contributed by atoms with Crippen LogP contribution < -0.4 is 0 Å². The van der Waals surface area contributed by atoms with E-state index in [2.05, 4.69) is 18.1 Å². The molecule has 1 aliphatic carbocycles. The fourth-order valence-electron chi connectivity index (χ4n) is 3.79. The van der Waals surface area contributed by atoms with Gasteiger partial charge in [-0.3, -0.25) is 4.90 Å². The van der Waals surface area contributed by atoms with Crippen LogP contribution in [-0.2, 0) is 9.47 Å². The van der Waals surface area contributed by atoms with Gasteiger partial charge in [0.1, 0.15) is 12.2 Å². The van der Waals surface area contributed by atoms with Gasteiger partial charge in [0, 0.05) is 38.3 Å². The van der Waals surface area contributed by atoms with Gasteiger partial charge in [-0.1, -0.05) is 31.4 Å². The molecule has 0 radical (unpaired) electrons. The van der Waals surface area contributed by atoms with E-state index in [4.69, 9.17) is 9.47 Å². The second kappa shape index (κ2) is 7.99. The molecule has 28 heavy (non-hydrogen) atoms. The second-order valence-electron chi connectivity index (χ2n) is 8.58. The highest BCUT2D eigenvalue weighted by Gasteiger charge is 2.54. The summed E-state index contributed by atoms with van der Waals surface area (Å²) in [6, 6.07) is 0.960. The maximum absolute atomic E-state index is 12.3. The van der Waals surface area contributed by atoms with Gasteiger partial charge in [-0.2, -0.15) is 0 Å². The summed E-state index contributed by atoms with van der Waals surface area (Å²) in [4.78, 5) is 30.5. The molecule has 2 aliphatic heterocycles. The lowest BCUT2D eigenvalue weighted by atomic mass is 10.1. The Morgan fingerprint density at radius 2 is 1.82 bits per heavy atom. The number of ether oxygens (including phenoxy) is 2. The Kier molecular flexibility index (Phi) is 5.84. The van der Waals surface area contributed by atoms with Gasteiger partial charge in [-0.25, -0.2) is 9.59 Å². The zero-order valence-corrected chi connectivity index (χ0v) is 17.1. The van der Waals surface area contributed by atoms with Crippen LogP contribution in [0.4, 0.5) is 9.59 Å². The Bertz CT molecular complexity index is 676. The number of nitrogens with zero attached hydrogens (tertiary/aromatic N) is 3. The smallest absolute Gasteiger partial charge is 0.410 e. The Morgan fingerprint density at radius 3 is 2.43 bits per heavy atom. The van der Waals surface area contributed by atoms with Crippen molar-refractivity contribution in [2.45, 2.75) is 50.9 Å². The van der Waals surface area contributed by atoms with Gasteiger partial charge >= 0.3 is 12.2 Å². The third kappa shape index (κ3) is 4.58. The van der Waals surface area contributed by atoms with Gasteiger partial charge in [0.05, 0.1) is 6.04 Å². The molecule has 7 nitrogen and oxygen atoms in total. The number of likely N-dealkylation sites (tertiary alicyclic amines) is 1. The molecule has 0 bridgehead atoms. The highest BCUT2D eigenvalue weighted by Crippen LogP contribution is 2.40. The standard InChI is InChI=1S/C21H31N3O4/c1-6-8-15(7-2)14-27-19(25)22-12-16(13-22)23-9-10-24(18-11-17(18)23)20(26)28-21(3,4)5/h6-8,16-18H,1-2,9-14H2,3-5H3/b15-8+. The molecular weight excluding hydrogens is 358 g/mol. The first-order valence-corrected chi connectivity index (χ1v) is 9.84. The molecule has 1 saturated carbocycles. The molecule has 7 heteroatoms. The average molecular weight is 389 g/mol. The fraction of sp³-hybridized carbons (Fsp3) is 0.619. The quantitative estimate of drug-likeness (QED) is 0.677. The minimum absolute atomic E-state index is 0.203. The lowest BCUT2D eigenvalue weighted by Crippen LogP contribution is -2.64. The fourth-order valence-corrected chi connectivity index (χ4v) is 3.79. The van der Waals surface area contributed by atoms with Crippen LogP contribution >= 0.6 is 0 Å². The van der Waals surface area contributed by atoms with E-state index in [-0.39, 0.29) is 24.8 Å². The first-order valence-electron chi connectivity index (χ1n) is 9.84. The van der Waals surface area contributed by atoms with Gasteiger partial charge in [0.25, 0.3) is 0 Å². The van der Waals surface area contributed by atoms with Crippen LogP contribution in [0, 0.1) is 0 Å². The topological polar surface area (TPSA) is 62.3 Å². The molecule has 0 spiro atoms. The van der Waals surface area contributed by atoms with Crippen LogP contribution in [0.5, 0.6) is 0 Å². The van der Waals surface area contributed by atoms with E-state index in [1.54, 1.807) is 23.1 Å². The summed E-state index contributed by atoms with van der Waals surface area (Å²) in [5, 5.41) is 0. The molecule has 154 valence electrons. The number of piperazine rings is 1. The normalized spacial score (nSPS) is 25.5. The molecule has 0 aromatic heterocycles. The molecule has 3 aliphatic rings. The third-order valence-electron chi connectivity index (χ3n) is 5.32. The van der Waals surface area contributed by atoms with Crippen molar-refractivity contribution in [3.8, 4) is 0 Å². The number of carbonyl (C=O) groups excluding carboxylic acids is 2. The molecule has 2 amide bonds. The van der Waals surface area contributed by atoms with Crippen molar-refractivity contribution in [1.29, 1.82) is 0 Å². The summed E-state index contributed by atoms with van der Waals surface area (Å²) in [7, 11) is 0. The van der Waals surface area contributed by atoms with Gasteiger partial charge < -0.3 is 19.3 Å². The molecule has 0 aromatic rings. The predicted octanol–water partition coefficient (Wildman–Crippen LogP) is 2.80. The van der Waals surface area contributed by atoms with Crippen LogP contribution in [0.15, 0.2) is 37.0 Å². The Labute approximate surface area is 167 Å². The molecule has 0 N–H and O–H groups in total. The zero-order valence-electron chi connectivity index (χ0n) is 17.1. The SMILES string of the molecule is C=C/C=C(\C=C)COC(=O)N1CC(N2CCN(C(=O)OC(C)(C)C)C3CC32)C1. The Balaban J connectivity index is 1.42. The van der Waals surface area contributed by atoms with Crippen LogP contribution in [-0.4, -0.2) is 83.4 Å². The lowest BCUT2D eigenvalue weighted by molar-refractivity contribution is -0.0130. The summed E-state index contributed by atoms with van der Waals surface area (Å²) >= 11 is 0. The molecule has 2 unspecified atom stereocenters. The zero-order chi connectivity index (χ0) is 20.5. The van der Waals surface area contributed by atoms with E-state index >= 15 is 0 Å². The number of hydrogen-bond donors (Lipinski definition) is 0. The summed E-state index contributed by atoms with van der Waals surface area (Å²) < 4.78 is 10.8. The first kappa shape index (κ1) is 20.5. The van der Waals surface area contributed by atoms with Crippen molar-refractivity contribution in [1.82, 2.24) is 14.7 Å². The number of carbonyl (C=O) groups is 2. The number of amides is 2. The maximum atomic E-state index is 12.3. The highest BCUT2D eigenvalue weighted by atomic mass is 16.6. The molecule has 2 heterocycles. The van der Waals surface area contributed by atoms with Crippen molar-refractivity contribution in [2.24, 2.45) is 0 Å². The van der Waals surface area contributed by atoms with Gasteiger partial charge in [-0.05, 0) is 32.8 Å². The van der Waals surface area contributed by atoms with Crippen LogP contribution in [0.1, 0.15) is 27.2 Å². The largest absolute Gasteiger partial charge is 0.445 e. The molecular formula is C21H31N3O4. The second-order valence-corrected chi connectivity index (χ2v) is 8.58. The van der Waals surface area contributed by atoms with Crippen LogP contribution in [0.2, 0.25) is 0 Å². The highest BCUT2D eigenvalue weighted by molar-refractivity contribution is 5.70. The summed E-state index contributed by atoms with van der Waals surface area (Å²) in [6.07, 6.45) is 5.54. The minimum atomic E-state index is -0.472. The molecule has 0 aromatic carbocycles. The van der Waals surface area contributed by atoms with E-state index < -0.39 is 5.60 Å². The van der Waals surface area contributed by atoms with E-state index in [9.17, 15) is 9.59 Å². The van der Waals surface area contributed by atoms with Crippen molar-refractivity contribution in [3.05, 3.63) is 37.0 Å². The van der Waals surface area contributed by atoms with Crippen molar-refractivity contribution in [3.63, 3.8) is 0 Å². The van der Waals surface area contributed by atoms with Crippen LogP contribution in [0.3, 0.4) is 0 Å². The minimum Gasteiger partial charge on any atom is -0.445 e. The van der Waals surface area contributed by atoms with Crippen LogP contribution in [0.25, 0.3) is 0 Å². The van der Waals surface area contributed by atoms with Gasteiger partial charge in [-0.15, -0.1) is 0 Å². The summed E-state index contributed by atoms with van der Waals surface area (Å²) in [5.41, 5.74) is 0.347. The number of allylic oxidation sites excluding steroid dienone is 2. The van der Waals surface area contributed by atoms with E-state index in [0.717, 1.165) is 18.5 Å². The van der Waals surface area contributed by atoms with Gasteiger partial charge in [0.2, 0.25) is 0 Å². The molecule has 3 rings (SSSR count). The molecule has 2 saturated heterocycles. The summed E-state index contributed by atoms with van der Waals surface area (Å²) in [5.74, 6) is 0. The number of hydrogen-bond acceptors (Lipinski definition) is 5. The van der Waals surface area contributed by atoms with E-state index in [1.165, 1.54) is 0 Å². The molecule has 3 fully saturated rings. The van der Waals surface area contributed by atoms with Crippen molar-refractivity contribution >= 4 is 12.2 Å². The maximum Gasteiger partial charge on any atom is 0.410 e. The van der Waals surface area contributed by atoms with E-state index in [1.807, 2.05) is 25.7 Å². The lowest BCUT2D eigenvalue weighted by Gasteiger charge is -2.47. The van der Waals surface area contributed by atoms with Gasteiger partial charge in [0.15, 0.2) is 0 Å². The monoisotopic (exact) mass is 389 g/mol. The first-order chi connectivity index (χ1) is 13.2. The van der Waals surface area contributed by atoms with Crippen molar-refractivity contribution in [2.75, 3.05) is 32.8 Å². The van der Waals surface area contributed by atoms with Crippen molar-refractivity contribution < 1.29 is 19.1 Å². The third-order valence-corrected chi connectivity index (χ3v) is 5.32. The van der Waals surface area contributed by atoms with E-state index in [0.29, 0.717) is 31.7 Å². The number of fused-ring (bicyclic) bond motifs is 1. The summed E-state index contributed by atoms with van der Waals surface area (Å²) in [6.45, 7) is 16.0. The predicted molar refractivity (Wildman–Crippen MR) is 107 cm³/mol. The Morgan fingerprint density at radius 1 is 1.11 bits per heavy atom. The average Bonchev–Trinajstić information content (AvgIpc) is 3.36.